The maximum atomic E-state index is 10.3. The van der Waals surface area contributed by atoms with Gasteiger partial charge in [0.15, 0.2) is 5.76 Å². The quantitative estimate of drug-likeness (QED) is 0.469. The Balaban J connectivity index is 2.51. The Morgan fingerprint density at radius 1 is 1.56 bits per heavy atom. The number of nitrogens with zero attached hydrogens (tertiary/aromatic N) is 2. The lowest BCUT2D eigenvalue weighted by Crippen LogP contribution is -1.89. The third-order valence-corrected chi connectivity index (χ3v) is 1.04. The zero-order valence-electron chi connectivity index (χ0n) is 4.37. The van der Waals surface area contributed by atoms with E-state index in [1.165, 1.54) is 0 Å². The molecule has 0 atom stereocenters. The summed E-state index contributed by atoms with van der Waals surface area (Å²) in [6.45, 7) is 0. The zero-order chi connectivity index (χ0) is 6.27. The van der Waals surface area contributed by atoms with Gasteiger partial charge in [0.25, 0.3) is 0 Å². The summed E-state index contributed by atoms with van der Waals surface area (Å²) in [5.74, 6) is 0.847. The van der Waals surface area contributed by atoms with E-state index in [-0.39, 0.29) is 0 Å². The molecule has 0 aromatic carbocycles. The molecular weight excluding hydrogens is 120 g/mol. The van der Waals surface area contributed by atoms with Gasteiger partial charge < -0.3 is 4.74 Å². The van der Waals surface area contributed by atoms with Gasteiger partial charge in [-0.1, -0.05) is 0 Å². The van der Waals surface area contributed by atoms with Crippen molar-refractivity contribution in [2.24, 2.45) is 9.98 Å². The maximum Gasteiger partial charge on any atom is 0.441 e. The first-order valence-corrected chi connectivity index (χ1v) is 2.41. The summed E-state index contributed by atoms with van der Waals surface area (Å²) < 4.78 is 4.58. The summed E-state index contributed by atoms with van der Waals surface area (Å²) in [6.07, 6.45) is 2.57. The number of allylic oxidation sites excluding steroid dienone is 1. The molecule has 0 bridgehead atoms. The van der Waals surface area contributed by atoms with Gasteiger partial charge in [0.2, 0.25) is 5.84 Å². The van der Waals surface area contributed by atoms with E-state index >= 15 is 0 Å². The molecule has 2 aliphatic heterocycles. The third kappa shape index (κ3) is 0.495. The summed E-state index contributed by atoms with van der Waals surface area (Å²) >= 11 is 0. The van der Waals surface area contributed by atoms with Crippen molar-refractivity contribution >= 4 is 18.1 Å². The minimum absolute atomic E-state index is 0.389. The Bertz CT molecular complexity index is 262. The largest absolute Gasteiger partial charge is 0.441 e. The number of carbonyl (C=O) groups is 1. The predicted molar refractivity (Wildman–Crippen MR) is 30.5 cm³/mol. The molecule has 0 spiro atoms. The second-order valence-corrected chi connectivity index (χ2v) is 1.61. The van der Waals surface area contributed by atoms with Gasteiger partial charge in [-0.15, -0.1) is 0 Å². The van der Waals surface area contributed by atoms with Crippen LogP contribution in [0.2, 0.25) is 0 Å². The van der Waals surface area contributed by atoms with E-state index in [0.29, 0.717) is 11.6 Å². The number of ether oxygens (including phenoxy) is 1. The van der Waals surface area contributed by atoms with Crippen molar-refractivity contribution in [1.82, 2.24) is 0 Å². The highest BCUT2D eigenvalue weighted by Crippen LogP contribution is 2.14. The van der Waals surface area contributed by atoms with Gasteiger partial charge in [0, 0.05) is 12.3 Å². The van der Waals surface area contributed by atoms with Crippen molar-refractivity contribution in [3.63, 3.8) is 0 Å². The molecule has 4 heteroatoms. The number of amides is 1. The second kappa shape index (κ2) is 1.28. The van der Waals surface area contributed by atoms with Crippen LogP contribution in [-0.4, -0.2) is 18.1 Å². The predicted octanol–water partition coefficient (Wildman–Crippen LogP) is 0.503. The minimum atomic E-state index is -0.576. The number of hydrogen-bond donors (Lipinski definition) is 0. The maximum absolute atomic E-state index is 10.3. The number of rotatable bonds is 0. The van der Waals surface area contributed by atoms with Gasteiger partial charge in [0.1, 0.15) is 0 Å². The van der Waals surface area contributed by atoms with Gasteiger partial charge >= 0.3 is 6.09 Å². The van der Waals surface area contributed by atoms with Gasteiger partial charge in [-0.2, -0.15) is 4.99 Å². The van der Waals surface area contributed by atoms with Crippen LogP contribution in [0, 0.1) is 0 Å². The number of carbonyl (C=O) groups excluding carboxylic acids is 1. The number of fused-ring (bicyclic) bond motifs is 1. The summed E-state index contributed by atoms with van der Waals surface area (Å²) in [5, 5.41) is 0. The van der Waals surface area contributed by atoms with Crippen LogP contribution in [0.15, 0.2) is 21.8 Å². The molecule has 0 radical (unpaired) electrons. The van der Waals surface area contributed by atoms with Gasteiger partial charge in [-0.05, 0) is 0 Å². The fourth-order valence-corrected chi connectivity index (χ4v) is 0.681. The number of aliphatic imine (C=N–C) groups is 2. The molecule has 0 aromatic rings. The lowest BCUT2D eigenvalue weighted by Gasteiger charge is -1.85. The van der Waals surface area contributed by atoms with Crippen molar-refractivity contribution < 1.29 is 9.53 Å². The van der Waals surface area contributed by atoms with E-state index in [4.69, 9.17) is 0 Å². The van der Waals surface area contributed by atoms with Crippen molar-refractivity contribution in [2.45, 2.75) is 0 Å². The van der Waals surface area contributed by atoms with Gasteiger partial charge in [-0.3, -0.25) is 0 Å². The molecule has 4 nitrogen and oxygen atoms in total. The molecular formula is C5H2N2O2. The summed E-state index contributed by atoms with van der Waals surface area (Å²) in [7, 11) is 0. The Morgan fingerprint density at radius 2 is 2.44 bits per heavy atom. The average Bonchev–Trinajstić information content (AvgIpc) is 2.22. The molecule has 2 rings (SSSR count). The first kappa shape index (κ1) is 4.43. The number of hydrogen-bond acceptors (Lipinski definition) is 3. The highest BCUT2D eigenvalue weighted by molar-refractivity contribution is 6.16. The van der Waals surface area contributed by atoms with Crippen LogP contribution in [0.3, 0.4) is 0 Å². The third-order valence-electron chi connectivity index (χ3n) is 1.04. The molecule has 0 aromatic heterocycles. The van der Waals surface area contributed by atoms with E-state index in [1.807, 2.05) is 0 Å². The Hall–Kier alpha value is -1.45. The Morgan fingerprint density at radius 3 is 3.22 bits per heavy atom. The van der Waals surface area contributed by atoms with E-state index in [1.54, 1.807) is 12.3 Å². The summed E-state index contributed by atoms with van der Waals surface area (Å²) in [5.41, 5.74) is 0. The minimum Gasteiger partial charge on any atom is -0.405 e. The summed E-state index contributed by atoms with van der Waals surface area (Å²) in [4.78, 5) is 17.5. The SMILES string of the molecule is O=C1N=C2N=CC=C2O1. The Labute approximate surface area is 50.6 Å². The van der Waals surface area contributed by atoms with Crippen molar-refractivity contribution in [3.8, 4) is 0 Å². The van der Waals surface area contributed by atoms with E-state index in [9.17, 15) is 4.79 Å². The average molecular weight is 122 g/mol. The molecule has 44 valence electrons. The molecule has 0 fully saturated rings. The van der Waals surface area contributed by atoms with Crippen molar-refractivity contribution in [3.05, 3.63) is 11.8 Å². The first-order valence-electron chi connectivity index (χ1n) is 2.41. The van der Waals surface area contributed by atoms with E-state index in [2.05, 4.69) is 14.7 Å². The van der Waals surface area contributed by atoms with Crippen LogP contribution in [0.4, 0.5) is 4.79 Å². The van der Waals surface area contributed by atoms with Gasteiger partial charge in [-0.25, -0.2) is 9.79 Å². The zero-order valence-corrected chi connectivity index (χ0v) is 4.37. The highest BCUT2D eigenvalue weighted by Gasteiger charge is 2.23. The molecule has 2 heterocycles. The molecule has 9 heavy (non-hydrogen) atoms. The fourth-order valence-electron chi connectivity index (χ4n) is 0.681. The molecule has 0 saturated carbocycles. The lowest BCUT2D eigenvalue weighted by atomic mass is 10.5. The summed E-state index contributed by atoms with van der Waals surface area (Å²) in [6, 6.07) is 0. The lowest BCUT2D eigenvalue weighted by molar-refractivity contribution is 0.197. The van der Waals surface area contributed by atoms with Crippen LogP contribution in [0.25, 0.3) is 0 Å². The smallest absolute Gasteiger partial charge is 0.405 e. The van der Waals surface area contributed by atoms with E-state index < -0.39 is 6.09 Å². The topological polar surface area (TPSA) is 51.0 Å². The van der Waals surface area contributed by atoms with Crippen molar-refractivity contribution in [1.29, 1.82) is 0 Å². The van der Waals surface area contributed by atoms with Gasteiger partial charge in [0.05, 0.1) is 0 Å². The van der Waals surface area contributed by atoms with E-state index in [0.717, 1.165) is 0 Å². The second-order valence-electron chi connectivity index (χ2n) is 1.61. The van der Waals surface area contributed by atoms with Crippen LogP contribution in [0.5, 0.6) is 0 Å². The Kier molecular flexibility index (Phi) is 0.631. The van der Waals surface area contributed by atoms with Crippen LogP contribution in [0.1, 0.15) is 0 Å². The normalized spacial score (nSPS) is 21.1. The molecule has 2 aliphatic rings. The molecule has 0 N–H and O–H groups in total. The fraction of sp³-hybridized carbons (Fsp3) is 0. The highest BCUT2D eigenvalue weighted by atomic mass is 16.6. The number of amidine groups is 1. The van der Waals surface area contributed by atoms with Crippen LogP contribution < -0.4 is 0 Å². The standard InChI is InChI=1S/C5H2N2O2/c8-5-7-4-3(9-5)1-2-6-4/h1-2H. The van der Waals surface area contributed by atoms with Crippen LogP contribution in [-0.2, 0) is 4.74 Å². The molecule has 0 saturated heterocycles. The molecule has 1 amide bonds. The first-order chi connectivity index (χ1) is 4.36. The van der Waals surface area contributed by atoms with Crippen molar-refractivity contribution in [2.75, 3.05) is 0 Å². The monoisotopic (exact) mass is 122 g/mol. The molecule has 0 unspecified atom stereocenters. The van der Waals surface area contributed by atoms with Crippen LogP contribution >= 0.6 is 0 Å². The molecule has 0 aliphatic carbocycles.